The Morgan fingerprint density at radius 2 is 2.17 bits per heavy atom. The van der Waals surface area contributed by atoms with E-state index in [4.69, 9.17) is 4.74 Å². The van der Waals surface area contributed by atoms with Crippen LogP contribution in [0.5, 0.6) is 0 Å². The van der Waals surface area contributed by atoms with Gasteiger partial charge in [0.05, 0.1) is 17.4 Å². The van der Waals surface area contributed by atoms with E-state index in [9.17, 15) is 19.7 Å². The van der Waals surface area contributed by atoms with Crippen molar-refractivity contribution in [1.82, 2.24) is 4.90 Å². The molecule has 0 aromatic heterocycles. The summed E-state index contributed by atoms with van der Waals surface area (Å²) < 4.78 is 5.02. The zero-order chi connectivity index (χ0) is 17.0. The minimum Gasteiger partial charge on any atom is -0.466 e. The fourth-order valence-electron chi connectivity index (χ4n) is 2.74. The quantitative estimate of drug-likeness (QED) is 0.482. The summed E-state index contributed by atoms with van der Waals surface area (Å²) >= 11 is 0. The molecule has 1 amide bonds. The summed E-state index contributed by atoms with van der Waals surface area (Å²) in [5.41, 5.74) is 0.705. The molecule has 0 N–H and O–H groups in total. The maximum absolute atomic E-state index is 12.6. The molecule has 0 saturated carbocycles. The fourth-order valence-corrected chi connectivity index (χ4v) is 2.74. The normalized spacial score (nSPS) is 17.7. The number of likely N-dealkylation sites (tertiary alicyclic amines) is 1. The first-order valence-electron chi connectivity index (χ1n) is 7.65. The van der Waals surface area contributed by atoms with Gasteiger partial charge in [-0.1, -0.05) is 6.07 Å². The Balaban J connectivity index is 2.15. The number of hydrogen-bond acceptors (Lipinski definition) is 5. The number of nitrogens with zero attached hydrogens (tertiary/aromatic N) is 2. The minimum absolute atomic E-state index is 0.0743. The number of carbonyl (C=O) groups excluding carboxylic acids is 2. The van der Waals surface area contributed by atoms with Crippen molar-refractivity contribution in [2.45, 2.75) is 26.7 Å². The smallest absolute Gasteiger partial charge is 0.310 e. The van der Waals surface area contributed by atoms with Crippen LogP contribution in [0.2, 0.25) is 0 Å². The lowest BCUT2D eigenvalue weighted by molar-refractivity contribution is -0.385. The predicted molar refractivity (Wildman–Crippen MR) is 83.1 cm³/mol. The van der Waals surface area contributed by atoms with Gasteiger partial charge in [-0.15, -0.1) is 0 Å². The zero-order valence-corrected chi connectivity index (χ0v) is 13.3. The average molecular weight is 320 g/mol. The number of rotatable bonds is 4. The highest BCUT2D eigenvalue weighted by molar-refractivity contribution is 5.95. The number of esters is 1. The molecule has 7 heteroatoms. The molecule has 7 nitrogen and oxygen atoms in total. The van der Waals surface area contributed by atoms with Crippen LogP contribution in [-0.4, -0.2) is 41.4 Å². The van der Waals surface area contributed by atoms with Gasteiger partial charge in [-0.05, 0) is 32.8 Å². The van der Waals surface area contributed by atoms with Crippen molar-refractivity contribution in [2.75, 3.05) is 19.7 Å². The number of aryl methyl sites for hydroxylation is 1. The first-order chi connectivity index (χ1) is 10.9. The predicted octanol–water partition coefficient (Wildman–Crippen LogP) is 2.32. The summed E-state index contributed by atoms with van der Waals surface area (Å²) in [6.45, 7) is 4.52. The van der Waals surface area contributed by atoms with Crippen LogP contribution in [0.1, 0.15) is 35.7 Å². The topological polar surface area (TPSA) is 89.8 Å². The fraction of sp³-hybridized carbons (Fsp3) is 0.500. The molecule has 1 heterocycles. The number of piperidine rings is 1. The lowest BCUT2D eigenvalue weighted by atomic mass is 9.97. The Bertz CT molecular complexity index is 629. The second-order valence-electron chi connectivity index (χ2n) is 5.60. The standard InChI is InChI=1S/C16H20N2O5/c1-3-23-16(20)13-5-4-8-17(10-13)15(19)12-7-6-11(2)14(9-12)18(21)22/h6-7,9,13H,3-5,8,10H2,1-2H3/t13-/m1/s1. The van der Waals surface area contributed by atoms with Gasteiger partial charge in [-0.2, -0.15) is 0 Å². The van der Waals surface area contributed by atoms with Crippen LogP contribution in [0.25, 0.3) is 0 Å². The van der Waals surface area contributed by atoms with Crippen molar-refractivity contribution < 1.29 is 19.2 Å². The summed E-state index contributed by atoms with van der Waals surface area (Å²) in [5.74, 6) is -0.907. The third-order valence-corrected chi connectivity index (χ3v) is 3.98. The molecule has 0 spiro atoms. The van der Waals surface area contributed by atoms with Crippen LogP contribution in [-0.2, 0) is 9.53 Å². The molecule has 0 unspecified atom stereocenters. The van der Waals surface area contributed by atoms with E-state index in [1.807, 2.05) is 0 Å². The maximum atomic E-state index is 12.6. The number of hydrogen-bond donors (Lipinski definition) is 0. The molecular weight excluding hydrogens is 300 g/mol. The Kier molecular flexibility index (Phi) is 5.31. The Morgan fingerprint density at radius 3 is 2.83 bits per heavy atom. The summed E-state index contributed by atoms with van der Waals surface area (Å²) in [7, 11) is 0. The van der Waals surface area contributed by atoms with Crippen molar-refractivity contribution >= 4 is 17.6 Å². The van der Waals surface area contributed by atoms with E-state index in [2.05, 4.69) is 0 Å². The third kappa shape index (κ3) is 3.85. The first kappa shape index (κ1) is 16.9. The molecule has 2 rings (SSSR count). The van der Waals surface area contributed by atoms with E-state index in [1.54, 1.807) is 30.9 Å². The zero-order valence-electron chi connectivity index (χ0n) is 13.3. The second-order valence-corrected chi connectivity index (χ2v) is 5.60. The molecule has 0 bridgehead atoms. The third-order valence-electron chi connectivity index (χ3n) is 3.98. The van der Waals surface area contributed by atoms with Gasteiger partial charge in [-0.25, -0.2) is 0 Å². The van der Waals surface area contributed by atoms with Crippen molar-refractivity contribution in [2.24, 2.45) is 5.92 Å². The molecule has 1 fully saturated rings. The minimum atomic E-state index is -0.496. The number of nitro groups is 1. The van der Waals surface area contributed by atoms with Crippen molar-refractivity contribution in [1.29, 1.82) is 0 Å². The molecule has 1 saturated heterocycles. The largest absolute Gasteiger partial charge is 0.466 e. The second kappa shape index (κ2) is 7.21. The van der Waals surface area contributed by atoms with E-state index in [-0.39, 0.29) is 29.0 Å². The molecule has 1 aromatic rings. The maximum Gasteiger partial charge on any atom is 0.310 e. The highest BCUT2D eigenvalue weighted by atomic mass is 16.6. The molecule has 1 aliphatic rings. The van der Waals surface area contributed by atoms with Crippen LogP contribution in [0.3, 0.4) is 0 Å². The highest BCUT2D eigenvalue weighted by Crippen LogP contribution is 2.23. The Hall–Kier alpha value is -2.44. The Labute approximate surface area is 134 Å². The van der Waals surface area contributed by atoms with E-state index >= 15 is 0 Å². The van der Waals surface area contributed by atoms with Crippen molar-refractivity contribution in [3.8, 4) is 0 Å². The first-order valence-corrected chi connectivity index (χ1v) is 7.65. The summed E-state index contributed by atoms with van der Waals surface area (Å²) in [6, 6.07) is 4.45. The van der Waals surface area contributed by atoms with Crippen LogP contribution in [0.15, 0.2) is 18.2 Å². The van der Waals surface area contributed by atoms with Gasteiger partial charge in [0.1, 0.15) is 0 Å². The lowest BCUT2D eigenvalue weighted by Gasteiger charge is -2.31. The van der Waals surface area contributed by atoms with Gasteiger partial charge in [0.25, 0.3) is 11.6 Å². The molecule has 1 atom stereocenters. The number of amides is 1. The van der Waals surface area contributed by atoms with Crippen LogP contribution < -0.4 is 0 Å². The molecule has 1 aromatic carbocycles. The number of ether oxygens (including phenoxy) is 1. The number of nitro benzene ring substituents is 1. The van der Waals surface area contributed by atoms with E-state index in [0.717, 1.165) is 0 Å². The molecule has 0 aliphatic carbocycles. The lowest BCUT2D eigenvalue weighted by Crippen LogP contribution is -2.42. The monoisotopic (exact) mass is 320 g/mol. The summed E-state index contributed by atoms with van der Waals surface area (Å²) in [5, 5.41) is 11.0. The highest BCUT2D eigenvalue weighted by Gasteiger charge is 2.30. The molecule has 124 valence electrons. The number of carbonyl (C=O) groups is 2. The van der Waals surface area contributed by atoms with E-state index < -0.39 is 4.92 Å². The van der Waals surface area contributed by atoms with Gasteiger partial charge < -0.3 is 9.64 Å². The van der Waals surface area contributed by atoms with Crippen molar-refractivity contribution in [3.05, 3.63) is 39.4 Å². The van der Waals surface area contributed by atoms with Gasteiger partial charge in [0.15, 0.2) is 0 Å². The van der Waals surface area contributed by atoms with Crippen LogP contribution >= 0.6 is 0 Å². The van der Waals surface area contributed by atoms with E-state index in [0.29, 0.717) is 38.1 Å². The van der Waals surface area contributed by atoms with Crippen LogP contribution in [0, 0.1) is 23.0 Å². The summed E-state index contributed by atoms with van der Waals surface area (Å²) in [4.78, 5) is 36.5. The molecule has 1 aliphatic heterocycles. The number of benzene rings is 1. The molecule has 0 radical (unpaired) electrons. The SMILES string of the molecule is CCOC(=O)[C@@H]1CCCN(C(=O)c2ccc(C)c([N+](=O)[O-])c2)C1. The van der Waals surface area contributed by atoms with Crippen LogP contribution in [0.4, 0.5) is 5.69 Å². The Morgan fingerprint density at radius 1 is 1.43 bits per heavy atom. The van der Waals surface area contributed by atoms with Gasteiger partial charge >= 0.3 is 5.97 Å². The van der Waals surface area contributed by atoms with Gasteiger partial charge in [0, 0.05) is 30.3 Å². The summed E-state index contributed by atoms with van der Waals surface area (Å²) in [6.07, 6.45) is 1.40. The average Bonchev–Trinajstić information content (AvgIpc) is 2.54. The van der Waals surface area contributed by atoms with Gasteiger partial charge in [-0.3, -0.25) is 19.7 Å². The van der Waals surface area contributed by atoms with Gasteiger partial charge in [0.2, 0.25) is 0 Å². The molecular formula is C16H20N2O5. The van der Waals surface area contributed by atoms with Crippen molar-refractivity contribution in [3.63, 3.8) is 0 Å². The van der Waals surface area contributed by atoms with E-state index in [1.165, 1.54) is 6.07 Å². The molecule has 23 heavy (non-hydrogen) atoms.